The minimum atomic E-state index is -1.44. The van der Waals surface area contributed by atoms with E-state index in [4.69, 9.17) is 10.5 Å². The Kier molecular flexibility index (Phi) is 3.68. The standard InChI is InChI=1S/C16H18FN3O3/c1-8-13(11(7-21)16(17)3-4-16)10-5-9(15(18)22)6-12(23-2)14(10)20-19-8/h5-6,11,21H,3-4,7H2,1-2H3,(H2,18,22). The number of aromatic nitrogens is 2. The summed E-state index contributed by atoms with van der Waals surface area (Å²) in [7, 11) is 1.45. The minimum absolute atomic E-state index is 0.239. The number of amides is 1. The summed E-state index contributed by atoms with van der Waals surface area (Å²) in [6.45, 7) is 1.36. The fourth-order valence-electron chi connectivity index (χ4n) is 3.01. The first-order chi connectivity index (χ1) is 10.9. The number of hydrogen-bond donors (Lipinski definition) is 2. The van der Waals surface area contributed by atoms with Gasteiger partial charge in [0.1, 0.15) is 16.9 Å². The van der Waals surface area contributed by atoms with Crippen LogP contribution < -0.4 is 10.5 Å². The first-order valence-corrected chi connectivity index (χ1v) is 7.36. The zero-order valence-corrected chi connectivity index (χ0v) is 13.0. The van der Waals surface area contributed by atoms with E-state index in [1.807, 2.05) is 0 Å². The summed E-state index contributed by atoms with van der Waals surface area (Å²) in [4.78, 5) is 11.6. The summed E-state index contributed by atoms with van der Waals surface area (Å²) in [5, 5.41) is 18.4. The Balaban J connectivity index is 2.33. The SMILES string of the molecule is COc1cc(C(N)=O)cc2c(C(CO)C3(F)CC3)c(C)nnc12. The molecular weight excluding hydrogens is 301 g/mol. The molecule has 1 aromatic heterocycles. The molecule has 1 aromatic carbocycles. The van der Waals surface area contributed by atoms with Crippen molar-refractivity contribution in [2.75, 3.05) is 13.7 Å². The molecule has 0 radical (unpaired) electrons. The number of methoxy groups -OCH3 is 1. The van der Waals surface area contributed by atoms with Gasteiger partial charge in [-0.15, -0.1) is 5.10 Å². The van der Waals surface area contributed by atoms with Crippen molar-refractivity contribution in [1.82, 2.24) is 10.2 Å². The Morgan fingerprint density at radius 3 is 2.70 bits per heavy atom. The monoisotopic (exact) mass is 319 g/mol. The number of aliphatic hydroxyl groups excluding tert-OH is 1. The second kappa shape index (κ2) is 5.42. The topological polar surface area (TPSA) is 98.3 Å². The Hall–Kier alpha value is -2.28. The first kappa shape index (κ1) is 15.6. The van der Waals surface area contributed by atoms with Crippen molar-refractivity contribution in [3.05, 3.63) is 29.0 Å². The summed E-state index contributed by atoms with van der Waals surface area (Å²) in [6, 6.07) is 3.04. The molecule has 23 heavy (non-hydrogen) atoms. The molecule has 7 heteroatoms. The van der Waals surface area contributed by atoms with Gasteiger partial charge in [0.2, 0.25) is 5.91 Å². The van der Waals surface area contributed by atoms with Crippen LogP contribution in [0.1, 0.15) is 40.4 Å². The van der Waals surface area contributed by atoms with Gasteiger partial charge in [0.25, 0.3) is 0 Å². The summed E-state index contributed by atoms with van der Waals surface area (Å²) < 4.78 is 19.9. The molecule has 1 amide bonds. The van der Waals surface area contributed by atoms with Gasteiger partial charge in [0.05, 0.1) is 19.4 Å². The maximum atomic E-state index is 14.7. The van der Waals surface area contributed by atoms with Crippen molar-refractivity contribution < 1.29 is 19.0 Å². The molecule has 1 aliphatic carbocycles. The zero-order valence-electron chi connectivity index (χ0n) is 13.0. The van der Waals surface area contributed by atoms with Gasteiger partial charge in [-0.05, 0) is 37.5 Å². The molecule has 3 N–H and O–H groups in total. The number of hydrogen-bond acceptors (Lipinski definition) is 5. The van der Waals surface area contributed by atoms with Crippen molar-refractivity contribution in [1.29, 1.82) is 0 Å². The maximum Gasteiger partial charge on any atom is 0.248 e. The van der Waals surface area contributed by atoms with Gasteiger partial charge in [0, 0.05) is 16.9 Å². The molecular formula is C16H18FN3O3. The van der Waals surface area contributed by atoms with Crippen LogP contribution >= 0.6 is 0 Å². The number of benzene rings is 1. The lowest BCUT2D eigenvalue weighted by molar-refractivity contribution is 0.1000. The highest BCUT2D eigenvalue weighted by Gasteiger charge is 2.51. The highest BCUT2D eigenvalue weighted by atomic mass is 19.1. The second-order valence-corrected chi connectivity index (χ2v) is 5.91. The van der Waals surface area contributed by atoms with Gasteiger partial charge in [-0.2, -0.15) is 5.10 Å². The van der Waals surface area contributed by atoms with Crippen LogP contribution in [0.25, 0.3) is 10.9 Å². The smallest absolute Gasteiger partial charge is 0.248 e. The lowest BCUT2D eigenvalue weighted by Gasteiger charge is -2.22. The van der Waals surface area contributed by atoms with Gasteiger partial charge >= 0.3 is 0 Å². The predicted octanol–water partition coefficient (Wildman–Crippen LogP) is 1.62. The Morgan fingerprint density at radius 2 is 2.17 bits per heavy atom. The van der Waals surface area contributed by atoms with Crippen molar-refractivity contribution >= 4 is 16.8 Å². The van der Waals surface area contributed by atoms with E-state index in [-0.39, 0.29) is 12.2 Å². The fourth-order valence-corrected chi connectivity index (χ4v) is 3.01. The first-order valence-electron chi connectivity index (χ1n) is 7.36. The lowest BCUT2D eigenvalue weighted by Crippen LogP contribution is -2.21. The van der Waals surface area contributed by atoms with Crippen molar-refractivity contribution in [3.8, 4) is 5.75 Å². The molecule has 0 bridgehead atoms. The second-order valence-electron chi connectivity index (χ2n) is 5.91. The van der Waals surface area contributed by atoms with E-state index >= 15 is 0 Å². The molecule has 1 fully saturated rings. The molecule has 1 heterocycles. The molecule has 0 saturated heterocycles. The number of nitrogens with zero attached hydrogens (tertiary/aromatic N) is 2. The molecule has 2 aromatic rings. The van der Waals surface area contributed by atoms with Crippen LogP contribution in [0.15, 0.2) is 12.1 Å². The number of primary amides is 1. The number of carbonyl (C=O) groups excluding carboxylic acids is 1. The number of rotatable bonds is 5. The molecule has 3 rings (SSSR count). The fraction of sp³-hybridized carbons (Fsp3) is 0.438. The average molecular weight is 319 g/mol. The molecule has 122 valence electrons. The number of carbonyl (C=O) groups is 1. The third-order valence-electron chi connectivity index (χ3n) is 4.44. The van der Waals surface area contributed by atoms with Crippen LogP contribution in [-0.2, 0) is 0 Å². The molecule has 0 aliphatic heterocycles. The highest BCUT2D eigenvalue weighted by molar-refractivity contribution is 6.00. The van der Waals surface area contributed by atoms with E-state index in [1.165, 1.54) is 13.2 Å². The van der Waals surface area contributed by atoms with Crippen molar-refractivity contribution in [2.24, 2.45) is 5.73 Å². The van der Waals surface area contributed by atoms with Gasteiger partial charge in [-0.1, -0.05) is 0 Å². The van der Waals surface area contributed by atoms with E-state index < -0.39 is 17.5 Å². The number of halogens is 1. The van der Waals surface area contributed by atoms with Gasteiger partial charge in [-0.3, -0.25) is 4.79 Å². The van der Waals surface area contributed by atoms with Gasteiger partial charge in [-0.25, -0.2) is 4.39 Å². The molecule has 1 atom stereocenters. The van der Waals surface area contributed by atoms with Crippen LogP contribution in [0, 0.1) is 6.92 Å². The maximum absolute atomic E-state index is 14.7. The van der Waals surface area contributed by atoms with Crippen LogP contribution in [0.3, 0.4) is 0 Å². The normalized spacial score (nSPS) is 17.0. The number of alkyl halides is 1. The van der Waals surface area contributed by atoms with Crippen LogP contribution in [0.2, 0.25) is 0 Å². The van der Waals surface area contributed by atoms with E-state index in [0.29, 0.717) is 40.8 Å². The Bertz CT molecular complexity index is 790. The quantitative estimate of drug-likeness (QED) is 0.872. The number of fused-ring (bicyclic) bond motifs is 1. The van der Waals surface area contributed by atoms with Crippen LogP contribution in [0.4, 0.5) is 4.39 Å². The lowest BCUT2D eigenvalue weighted by atomic mass is 9.88. The molecule has 0 spiro atoms. The third-order valence-corrected chi connectivity index (χ3v) is 4.44. The van der Waals surface area contributed by atoms with Crippen molar-refractivity contribution in [2.45, 2.75) is 31.4 Å². The third kappa shape index (κ3) is 2.50. The van der Waals surface area contributed by atoms with E-state index in [1.54, 1.807) is 13.0 Å². The summed E-state index contributed by atoms with van der Waals surface area (Å²) in [6.07, 6.45) is 0.794. The molecule has 6 nitrogen and oxygen atoms in total. The number of nitrogens with two attached hydrogens (primary N) is 1. The minimum Gasteiger partial charge on any atom is -0.494 e. The molecule has 1 saturated carbocycles. The summed E-state index contributed by atoms with van der Waals surface area (Å²) in [5.41, 5.74) is 5.66. The average Bonchev–Trinajstić information content (AvgIpc) is 3.27. The van der Waals surface area contributed by atoms with E-state index in [2.05, 4.69) is 10.2 Å². The summed E-state index contributed by atoms with van der Waals surface area (Å²) >= 11 is 0. The predicted molar refractivity (Wildman–Crippen MR) is 82.2 cm³/mol. The van der Waals surface area contributed by atoms with Gasteiger partial charge in [0.15, 0.2) is 0 Å². The number of aryl methyl sites for hydroxylation is 1. The number of ether oxygens (including phenoxy) is 1. The van der Waals surface area contributed by atoms with Gasteiger partial charge < -0.3 is 15.6 Å². The highest BCUT2D eigenvalue weighted by Crippen LogP contribution is 2.52. The number of aliphatic hydroxyl groups is 1. The van der Waals surface area contributed by atoms with E-state index in [9.17, 15) is 14.3 Å². The Morgan fingerprint density at radius 1 is 1.48 bits per heavy atom. The molecule has 1 unspecified atom stereocenters. The van der Waals surface area contributed by atoms with E-state index in [0.717, 1.165) is 0 Å². The van der Waals surface area contributed by atoms with Crippen molar-refractivity contribution in [3.63, 3.8) is 0 Å². The largest absolute Gasteiger partial charge is 0.494 e. The van der Waals surface area contributed by atoms with Crippen LogP contribution in [0.5, 0.6) is 5.75 Å². The van der Waals surface area contributed by atoms with Crippen LogP contribution in [-0.4, -0.2) is 40.6 Å². The Labute approximate surface area is 132 Å². The summed E-state index contributed by atoms with van der Waals surface area (Å²) in [5.74, 6) is -0.994. The molecule has 1 aliphatic rings. The zero-order chi connectivity index (χ0) is 16.8.